The molecule has 1 saturated heterocycles. The van der Waals surface area contributed by atoms with Crippen LogP contribution in [0.2, 0.25) is 0 Å². The van der Waals surface area contributed by atoms with Crippen molar-refractivity contribution in [1.29, 1.82) is 0 Å². The maximum Gasteiger partial charge on any atom is 0.0149 e. The summed E-state index contributed by atoms with van der Waals surface area (Å²) in [4.78, 5) is 2.66. The lowest BCUT2D eigenvalue weighted by atomic mass is 10.0. The van der Waals surface area contributed by atoms with Gasteiger partial charge in [-0.05, 0) is 25.7 Å². The summed E-state index contributed by atoms with van der Waals surface area (Å²) in [7, 11) is 0. The summed E-state index contributed by atoms with van der Waals surface area (Å²) in [5, 5.41) is 1.60. The molecule has 0 bridgehead atoms. The van der Waals surface area contributed by atoms with Crippen LogP contribution in [0.25, 0.3) is 0 Å². The summed E-state index contributed by atoms with van der Waals surface area (Å²) in [6.07, 6.45) is 3.79. The highest BCUT2D eigenvalue weighted by molar-refractivity contribution is 8.00. The standard InChI is InChI=1S/C14H30N2S/c1-11(6-5-7-12(2)15)8-16-9-13(3)17-14(4)10-16/h11-14H,5-10,15H2,1-4H3. The molecule has 0 radical (unpaired) electrons. The molecule has 1 rings (SSSR count). The first-order chi connectivity index (χ1) is 7.97. The van der Waals surface area contributed by atoms with Crippen LogP contribution >= 0.6 is 11.8 Å². The lowest BCUT2D eigenvalue weighted by Gasteiger charge is -2.36. The fourth-order valence-corrected chi connectivity index (χ4v) is 4.14. The molecule has 0 aromatic carbocycles. The molecule has 3 heteroatoms. The van der Waals surface area contributed by atoms with Crippen molar-refractivity contribution in [2.75, 3.05) is 19.6 Å². The van der Waals surface area contributed by atoms with E-state index >= 15 is 0 Å². The molecular formula is C14H30N2S. The summed E-state index contributed by atoms with van der Waals surface area (Å²) >= 11 is 2.14. The van der Waals surface area contributed by atoms with E-state index in [2.05, 4.69) is 44.4 Å². The molecule has 4 unspecified atom stereocenters. The molecule has 2 N–H and O–H groups in total. The minimum Gasteiger partial charge on any atom is -0.328 e. The fourth-order valence-electron chi connectivity index (χ4n) is 2.75. The average Bonchev–Trinajstić information content (AvgIpc) is 2.14. The second-order valence-corrected chi connectivity index (χ2v) is 7.87. The normalized spacial score (nSPS) is 30.2. The van der Waals surface area contributed by atoms with E-state index in [4.69, 9.17) is 5.73 Å². The second kappa shape index (κ2) is 7.65. The summed E-state index contributed by atoms with van der Waals surface area (Å²) in [6, 6.07) is 0.369. The Balaban J connectivity index is 2.18. The number of thioether (sulfide) groups is 1. The Bertz CT molecular complexity index is 198. The monoisotopic (exact) mass is 258 g/mol. The first-order valence-corrected chi connectivity index (χ1v) is 8.05. The van der Waals surface area contributed by atoms with E-state index in [0.717, 1.165) is 16.4 Å². The van der Waals surface area contributed by atoms with Crippen LogP contribution < -0.4 is 5.73 Å². The summed E-state index contributed by atoms with van der Waals surface area (Å²) < 4.78 is 0. The van der Waals surface area contributed by atoms with Crippen LogP contribution in [-0.4, -0.2) is 41.1 Å². The smallest absolute Gasteiger partial charge is 0.0149 e. The number of hydrogen-bond donors (Lipinski definition) is 1. The number of nitrogens with two attached hydrogens (primary N) is 1. The topological polar surface area (TPSA) is 29.3 Å². The molecule has 0 aliphatic carbocycles. The SMILES string of the molecule is CC(N)CCCC(C)CN1CC(C)SC(C)C1. The van der Waals surface area contributed by atoms with E-state index in [9.17, 15) is 0 Å². The van der Waals surface area contributed by atoms with Gasteiger partial charge in [0.05, 0.1) is 0 Å². The van der Waals surface area contributed by atoms with Gasteiger partial charge in [-0.3, -0.25) is 0 Å². The zero-order valence-corrected chi connectivity index (χ0v) is 12.8. The van der Waals surface area contributed by atoms with Crippen LogP contribution in [0, 0.1) is 5.92 Å². The van der Waals surface area contributed by atoms with Gasteiger partial charge in [0.25, 0.3) is 0 Å². The largest absolute Gasteiger partial charge is 0.328 e. The van der Waals surface area contributed by atoms with E-state index in [1.165, 1.54) is 38.9 Å². The van der Waals surface area contributed by atoms with Crippen LogP contribution in [0.1, 0.15) is 47.0 Å². The predicted molar refractivity (Wildman–Crippen MR) is 79.6 cm³/mol. The molecule has 0 spiro atoms. The maximum atomic E-state index is 5.79. The van der Waals surface area contributed by atoms with Crippen molar-refractivity contribution in [1.82, 2.24) is 4.90 Å². The number of hydrogen-bond acceptors (Lipinski definition) is 3. The minimum absolute atomic E-state index is 0.369. The molecule has 1 aliphatic heterocycles. The highest BCUT2D eigenvalue weighted by Crippen LogP contribution is 2.25. The van der Waals surface area contributed by atoms with Gasteiger partial charge in [0.1, 0.15) is 0 Å². The molecule has 0 aromatic heterocycles. The van der Waals surface area contributed by atoms with E-state index in [-0.39, 0.29) is 0 Å². The zero-order chi connectivity index (χ0) is 12.8. The molecule has 1 aliphatic rings. The molecule has 0 aromatic rings. The van der Waals surface area contributed by atoms with Gasteiger partial charge in [0.15, 0.2) is 0 Å². The lowest BCUT2D eigenvalue weighted by molar-refractivity contribution is 0.227. The van der Waals surface area contributed by atoms with Gasteiger partial charge < -0.3 is 10.6 Å². The van der Waals surface area contributed by atoms with Crippen molar-refractivity contribution in [3.8, 4) is 0 Å². The highest BCUT2D eigenvalue weighted by atomic mass is 32.2. The van der Waals surface area contributed by atoms with Crippen LogP contribution in [-0.2, 0) is 0 Å². The Labute approximate surface area is 112 Å². The number of rotatable bonds is 6. The van der Waals surface area contributed by atoms with Gasteiger partial charge in [0.2, 0.25) is 0 Å². The van der Waals surface area contributed by atoms with Gasteiger partial charge in [-0.25, -0.2) is 0 Å². The van der Waals surface area contributed by atoms with E-state index < -0.39 is 0 Å². The Kier molecular flexibility index (Phi) is 6.90. The summed E-state index contributed by atoms with van der Waals surface area (Å²) in [5.41, 5.74) is 5.79. The quantitative estimate of drug-likeness (QED) is 0.794. The van der Waals surface area contributed by atoms with Crippen molar-refractivity contribution < 1.29 is 0 Å². The Morgan fingerprint density at radius 1 is 1.18 bits per heavy atom. The summed E-state index contributed by atoms with van der Waals surface area (Å²) in [6.45, 7) is 13.0. The first kappa shape index (κ1) is 15.3. The van der Waals surface area contributed by atoms with Gasteiger partial charge in [-0.1, -0.05) is 27.2 Å². The zero-order valence-electron chi connectivity index (χ0n) is 12.0. The third-order valence-corrected chi connectivity index (χ3v) is 4.65. The molecule has 17 heavy (non-hydrogen) atoms. The van der Waals surface area contributed by atoms with Crippen molar-refractivity contribution in [2.24, 2.45) is 11.7 Å². The fraction of sp³-hybridized carbons (Fsp3) is 1.00. The van der Waals surface area contributed by atoms with Crippen LogP contribution in [0.4, 0.5) is 0 Å². The second-order valence-electron chi connectivity index (χ2n) is 5.99. The van der Waals surface area contributed by atoms with E-state index in [1.54, 1.807) is 0 Å². The molecule has 0 saturated carbocycles. The van der Waals surface area contributed by atoms with Crippen molar-refractivity contribution in [3.63, 3.8) is 0 Å². The highest BCUT2D eigenvalue weighted by Gasteiger charge is 2.22. The van der Waals surface area contributed by atoms with Crippen molar-refractivity contribution >= 4 is 11.8 Å². The maximum absolute atomic E-state index is 5.79. The molecule has 1 fully saturated rings. The summed E-state index contributed by atoms with van der Waals surface area (Å²) in [5.74, 6) is 0.816. The van der Waals surface area contributed by atoms with Crippen LogP contribution in [0.3, 0.4) is 0 Å². The molecule has 2 nitrogen and oxygen atoms in total. The van der Waals surface area contributed by atoms with Crippen molar-refractivity contribution in [2.45, 2.75) is 63.5 Å². The van der Waals surface area contributed by atoms with Crippen LogP contribution in [0.5, 0.6) is 0 Å². The Morgan fingerprint density at radius 2 is 1.76 bits per heavy atom. The third-order valence-electron chi connectivity index (χ3n) is 3.42. The molecule has 102 valence electrons. The Morgan fingerprint density at radius 3 is 2.29 bits per heavy atom. The van der Waals surface area contributed by atoms with Gasteiger partial charge in [-0.2, -0.15) is 11.8 Å². The predicted octanol–water partition coefficient (Wildman–Crippen LogP) is 2.97. The molecule has 0 amide bonds. The van der Waals surface area contributed by atoms with Crippen molar-refractivity contribution in [3.05, 3.63) is 0 Å². The first-order valence-electron chi connectivity index (χ1n) is 7.10. The molecule has 1 heterocycles. The third kappa shape index (κ3) is 6.68. The molecular weight excluding hydrogens is 228 g/mol. The Hall–Kier alpha value is 0.270. The van der Waals surface area contributed by atoms with Crippen LogP contribution in [0.15, 0.2) is 0 Å². The number of nitrogens with zero attached hydrogens (tertiary/aromatic N) is 1. The average molecular weight is 258 g/mol. The van der Waals surface area contributed by atoms with Gasteiger partial charge in [-0.15, -0.1) is 0 Å². The van der Waals surface area contributed by atoms with Gasteiger partial charge >= 0.3 is 0 Å². The minimum atomic E-state index is 0.369. The lowest BCUT2D eigenvalue weighted by Crippen LogP contribution is -2.42. The molecule has 4 atom stereocenters. The van der Waals surface area contributed by atoms with E-state index in [1.807, 2.05) is 0 Å². The van der Waals surface area contributed by atoms with E-state index in [0.29, 0.717) is 6.04 Å². The van der Waals surface area contributed by atoms with Gasteiger partial charge in [0, 0.05) is 36.2 Å².